The van der Waals surface area contributed by atoms with Gasteiger partial charge in [0, 0.05) is 75.0 Å². The highest BCUT2D eigenvalue weighted by Crippen LogP contribution is 2.38. The molecule has 212 valence electrons. The summed E-state index contributed by atoms with van der Waals surface area (Å²) in [6, 6.07) is 0. The predicted octanol–water partition coefficient (Wildman–Crippen LogP) is 5.70. The molecule has 2 amide bonds. The first kappa shape index (κ1) is 30.2. The molecular weight excluding hydrogens is 531 g/mol. The van der Waals surface area contributed by atoms with Crippen molar-refractivity contribution in [3.63, 3.8) is 0 Å². The summed E-state index contributed by atoms with van der Waals surface area (Å²) < 4.78 is 25.3. The summed E-state index contributed by atoms with van der Waals surface area (Å²) in [5.74, 6) is 0. The van der Waals surface area contributed by atoms with E-state index in [1.807, 2.05) is 46.9 Å². The summed E-state index contributed by atoms with van der Waals surface area (Å²) >= 11 is 2.78. The molecule has 0 atom stereocenters. The van der Waals surface area contributed by atoms with Crippen molar-refractivity contribution in [2.45, 2.75) is 89.7 Å². The maximum absolute atomic E-state index is 14.7. The van der Waals surface area contributed by atoms with Crippen LogP contribution in [0.1, 0.15) is 77.2 Å². The van der Waals surface area contributed by atoms with Crippen molar-refractivity contribution >= 4 is 34.9 Å². The zero-order valence-corrected chi connectivity index (χ0v) is 24.7. The predicted molar refractivity (Wildman–Crippen MR) is 145 cm³/mol. The molecule has 0 saturated carbocycles. The van der Waals surface area contributed by atoms with E-state index in [-0.39, 0.29) is 25.0 Å². The van der Waals surface area contributed by atoms with Gasteiger partial charge >= 0.3 is 12.2 Å². The molecule has 2 aliphatic heterocycles. The number of halogens is 1. The van der Waals surface area contributed by atoms with E-state index in [2.05, 4.69) is 9.97 Å². The van der Waals surface area contributed by atoms with Crippen molar-refractivity contribution in [2.75, 3.05) is 26.2 Å². The molecular formula is C26H39FN4O5S2. The lowest BCUT2D eigenvalue weighted by Gasteiger charge is -2.37. The number of nitrogens with zero attached hydrogens (tertiary/aromatic N) is 4. The number of alkyl halides is 1. The van der Waals surface area contributed by atoms with Gasteiger partial charge in [-0.1, -0.05) is 0 Å². The van der Waals surface area contributed by atoms with Crippen LogP contribution in [-0.4, -0.2) is 74.4 Å². The summed E-state index contributed by atoms with van der Waals surface area (Å²) in [5.41, 5.74) is -3.30. The molecule has 2 aromatic rings. The number of ether oxygens (including phenoxy) is 2. The van der Waals surface area contributed by atoms with Crippen LogP contribution in [0.15, 0.2) is 23.2 Å². The van der Waals surface area contributed by atoms with Crippen LogP contribution in [-0.2, 0) is 20.7 Å². The summed E-state index contributed by atoms with van der Waals surface area (Å²) in [4.78, 5) is 35.2. The molecule has 2 fully saturated rings. The number of carbonyl (C=O) groups excluding carboxylic acids is 2. The number of aromatic nitrogens is 2. The Labute approximate surface area is 232 Å². The van der Waals surface area contributed by atoms with Crippen LogP contribution in [0, 0.1) is 0 Å². The highest BCUT2D eigenvalue weighted by atomic mass is 32.1. The van der Waals surface area contributed by atoms with Gasteiger partial charge < -0.3 is 24.4 Å². The average Bonchev–Trinajstić information content (AvgIpc) is 3.53. The molecule has 4 rings (SSSR count). The molecule has 2 aliphatic rings. The van der Waals surface area contributed by atoms with Crippen LogP contribution in [0.4, 0.5) is 14.0 Å². The fourth-order valence-corrected chi connectivity index (χ4v) is 5.67. The van der Waals surface area contributed by atoms with Crippen LogP contribution >= 0.6 is 22.7 Å². The van der Waals surface area contributed by atoms with Gasteiger partial charge in [-0.15, -0.1) is 22.7 Å². The first-order valence-corrected chi connectivity index (χ1v) is 14.5. The normalized spacial score (nSPS) is 19.3. The SMILES string of the molecule is CC(C)(C)OC(=O)N1CCC(F)(c2nccs2)CC1.CC(C)(C)OC(=O)N1CCC(O)(c2nccs2)CC1. The fraction of sp³-hybridized carbons (Fsp3) is 0.692. The maximum Gasteiger partial charge on any atom is 0.410 e. The number of piperidine rings is 2. The summed E-state index contributed by atoms with van der Waals surface area (Å²) in [5, 5.41) is 15.4. The fourth-order valence-electron chi connectivity index (χ4n) is 4.08. The summed E-state index contributed by atoms with van der Waals surface area (Å²) in [7, 11) is 0. The molecule has 12 heteroatoms. The Bertz CT molecular complexity index is 951. The van der Waals surface area contributed by atoms with Crippen LogP contribution in [0.25, 0.3) is 0 Å². The summed E-state index contributed by atoms with van der Waals surface area (Å²) in [6.07, 6.45) is 4.18. The van der Waals surface area contributed by atoms with Gasteiger partial charge in [-0.05, 0) is 41.5 Å². The monoisotopic (exact) mass is 570 g/mol. The Morgan fingerprint density at radius 2 is 1.21 bits per heavy atom. The van der Waals surface area contributed by atoms with Crippen molar-refractivity contribution in [1.82, 2.24) is 19.8 Å². The lowest BCUT2D eigenvalue weighted by Crippen LogP contribution is -2.46. The second kappa shape index (κ2) is 11.8. The van der Waals surface area contributed by atoms with Gasteiger partial charge in [-0.2, -0.15) is 0 Å². The van der Waals surface area contributed by atoms with E-state index in [0.29, 0.717) is 44.0 Å². The molecule has 2 aromatic heterocycles. The Balaban J connectivity index is 0.000000211. The van der Waals surface area contributed by atoms with E-state index in [4.69, 9.17) is 9.47 Å². The third kappa shape index (κ3) is 8.34. The molecule has 1 N–H and O–H groups in total. The van der Waals surface area contributed by atoms with Gasteiger partial charge in [-0.3, -0.25) is 0 Å². The Morgan fingerprint density at radius 3 is 1.58 bits per heavy atom. The van der Waals surface area contributed by atoms with E-state index >= 15 is 0 Å². The third-order valence-corrected chi connectivity index (χ3v) is 8.01. The smallest absolute Gasteiger partial charge is 0.410 e. The largest absolute Gasteiger partial charge is 0.444 e. The molecule has 38 heavy (non-hydrogen) atoms. The average molecular weight is 571 g/mol. The first-order chi connectivity index (χ1) is 17.6. The minimum absolute atomic E-state index is 0.278. The quantitative estimate of drug-likeness (QED) is 0.494. The second-order valence-corrected chi connectivity index (χ2v) is 13.4. The molecule has 0 bridgehead atoms. The van der Waals surface area contributed by atoms with E-state index in [0.717, 1.165) is 5.01 Å². The topological polar surface area (TPSA) is 105 Å². The van der Waals surface area contributed by atoms with Gasteiger partial charge in [0.15, 0.2) is 5.67 Å². The third-order valence-electron chi connectivity index (χ3n) is 6.10. The van der Waals surface area contributed by atoms with E-state index < -0.39 is 22.5 Å². The van der Waals surface area contributed by atoms with Crippen molar-refractivity contribution < 1.29 is 28.6 Å². The number of amides is 2. The van der Waals surface area contributed by atoms with E-state index in [1.54, 1.807) is 27.6 Å². The number of carbonyl (C=O) groups is 2. The molecule has 4 heterocycles. The highest BCUT2D eigenvalue weighted by Gasteiger charge is 2.41. The van der Waals surface area contributed by atoms with Crippen molar-refractivity contribution in [3.05, 3.63) is 33.2 Å². The van der Waals surface area contributed by atoms with Gasteiger partial charge in [0.2, 0.25) is 0 Å². The minimum atomic E-state index is -1.40. The Morgan fingerprint density at radius 1 is 0.816 bits per heavy atom. The van der Waals surface area contributed by atoms with Crippen LogP contribution in [0.5, 0.6) is 0 Å². The van der Waals surface area contributed by atoms with Gasteiger partial charge in [-0.25, -0.2) is 23.9 Å². The van der Waals surface area contributed by atoms with Crippen LogP contribution in [0.2, 0.25) is 0 Å². The molecule has 0 radical (unpaired) electrons. The van der Waals surface area contributed by atoms with Crippen molar-refractivity contribution in [2.24, 2.45) is 0 Å². The molecule has 0 aromatic carbocycles. The Kier molecular flexibility index (Phi) is 9.41. The van der Waals surface area contributed by atoms with Gasteiger partial charge in [0.05, 0.1) is 0 Å². The van der Waals surface area contributed by atoms with Crippen LogP contribution in [0.3, 0.4) is 0 Å². The number of aliphatic hydroxyl groups is 1. The number of hydrogen-bond acceptors (Lipinski definition) is 9. The first-order valence-electron chi connectivity index (χ1n) is 12.8. The number of thiazole rings is 2. The zero-order valence-electron chi connectivity index (χ0n) is 23.0. The number of likely N-dealkylation sites (tertiary alicyclic amines) is 2. The van der Waals surface area contributed by atoms with Gasteiger partial charge in [0.1, 0.15) is 26.8 Å². The van der Waals surface area contributed by atoms with Crippen molar-refractivity contribution in [3.8, 4) is 0 Å². The van der Waals surface area contributed by atoms with E-state index in [9.17, 15) is 19.1 Å². The lowest BCUT2D eigenvalue weighted by atomic mass is 9.92. The molecule has 0 unspecified atom stereocenters. The molecule has 9 nitrogen and oxygen atoms in total. The molecule has 0 spiro atoms. The van der Waals surface area contributed by atoms with E-state index in [1.165, 1.54) is 22.7 Å². The number of rotatable bonds is 2. The maximum atomic E-state index is 14.7. The minimum Gasteiger partial charge on any atom is -0.444 e. The van der Waals surface area contributed by atoms with Gasteiger partial charge in [0.25, 0.3) is 0 Å². The summed E-state index contributed by atoms with van der Waals surface area (Å²) in [6.45, 7) is 12.7. The second-order valence-electron chi connectivity index (χ2n) is 11.6. The zero-order chi connectivity index (χ0) is 28.2. The lowest BCUT2D eigenvalue weighted by molar-refractivity contribution is -0.0357. The standard InChI is InChI=1S/C13H19FN2O2S.C13H20N2O3S/c1-12(2,3)18-11(17)16-7-4-13(14,5-8-16)10-15-6-9-19-10;1-12(2,3)18-11(16)15-7-4-13(17,5-8-15)10-14-6-9-19-10/h6,9H,4-5,7-8H2,1-3H3;6,9,17H,4-5,7-8H2,1-3H3. The van der Waals surface area contributed by atoms with Crippen LogP contribution < -0.4 is 0 Å². The Hall–Kier alpha value is -2.31. The molecule has 2 saturated heterocycles. The highest BCUT2D eigenvalue weighted by molar-refractivity contribution is 7.09. The number of hydrogen-bond donors (Lipinski definition) is 1. The molecule has 0 aliphatic carbocycles. The van der Waals surface area contributed by atoms with Crippen molar-refractivity contribution in [1.29, 1.82) is 0 Å².